The Hall–Kier alpha value is -3.71. The van der Waals surface area contributed by atoms with Crippen LogP contribution in [-0.2, 0) is 15.3 Å². The van der Waals surface area contributed by atoms with Gasteiger partial charge >= 0.3 is 0 Å². The number of carbonyl (C=O) groups is 1. The molecular formula is C27H28FN3O3. The molecule has 0 unspecified atom stereocenters. The Labute approximate surface area is 198 Å². The predicted octanol–water partition coefficient (Wildman–Crippen LogP) is 5.19. The van der Waals surface area contributed by atoms with Crippen LogP contribution in [0, 0.1) is 19.7 Å². The molecule has 176 valence electrons. The highest BCUT2D eigenvalue weighted by atomic mass is 19.1. The lowest BCUT2D eigenvalue weighted by Crippen LogP contribution is -2.51. The molecule has 1 heterocycles. The van der Waals surface area contributed by atoms with E-state index in [1.165, 1.54) is 19.2 Å². The van der Waals surface area contributed by atoms with Gasteiger partial charge in [-0.15, -0.1) is 0 Å². The number of methoxy groups -OCH3 is 1. The van der Waals surface area contributed by atoms with Crippen molar-refractivity contribution in [3.05, 3.63) is 89.4 Å². The van der Waals surface area contributed by atoms with Crippen molar-refractivity contribution in [2.24, 2.45) is 0 Å². The van der Waals surface area contributed by atoms with Crippen molar-refractivity contribution in [3.8, 4) is 11.4 Å². The summed E-state index contributed by atoms with van der Waals surface area (Å²) >= 11 is 0. The maximum absolute atomic E-state index is 13.3. The Morgan fingerprint density at radius 2 is 1.85 bits per heavy atom. The summed E-state index contributed by atoms with van der Waals surface area (Å²) in [5.74, 6) is 0.0222. The molecule has 1 aromatic heterocycles. The minimum atomic E-state index is -1.08. The summed E-state index contributed by atoms with van der Waals surface area (Å²) < 4.78 is 26.7. The number of hydrogen-bond donors (Lipinski definition) is 1. The molecule has 7 heteroatoms. The molecule has 0 bridgehead atoms. The third kappa shape index (κ3) is 4.65. The van der Waals surface area contributed by atoms with E-state index in [1.807, 2.05) is 51.1 Å². The van der Waals surface area contributed by atoms with Crippen LogP contribution in [0.4, 0.5) is 4.39 Å². The number of nitrogens with one attached hydrogen (secondary N) is 1. The zero-order valence-electron chi connectivity index (χ0n) is 19.8. The average Bonchev–Trinajstić information content (AvgIpc) is 3.22. The van der Waals surface area contributed by atoms with E-state index in [-0.39, 0.29) is 18.3 Å². The van der Waals surface area contributed by atoms with Crippen molar-refractivity contribution < 1.29 is 18.7 Å². The molecule has 4 aromatic rings. The number of halogens is 1. The van der Waals surface area contributed by atoms with Crippen LogP contribution in [-0.4, -0.2) is 29.4 Å². The van der Waals surface area contributed by atoms with Gasteiger partial charge < -0.3 is 14.8 Å². The standard InChI is InChI=1S/C27H28FN3O3/c1-5-27(30-26(32)17-33-4,24-12-6-18(2)14-19(24)3)34-23-11-13-25-20(15-23)16-29-31(25)22-9-7-21(28)8-10-22/h6-16H,5,17H2,1-4H3,(H,30,32)/t27-/m0/s1. The lowest BCUT2D eigenvalue weighted by atomic mass is 9.93. The Morgan fingerprint density at radius 3 is 2.53 bits per heavy atom. The fourth-order valence-corrected chi connectivity index (χ4v) is 4.22. The number of rotatable bonds is 8. The maximum Gasteiger partial charge on any atom is 0.249 e. The van der Waals surface area contributed by atoms with Gasteiger partial charge in [-0.1, -0.05) is 30.7 Å². The van der Waals surface area contributed by atoms with Crippen LogP contribution in [0.25, 0.3) is 16.6 Å². The largest absolute Gasteiger partial charge is 0.464 e. The van der Waals surface area contributed by atoms with Gasteiger partial charge in [0.25, 0.3) is 0 Å². The molecule has 1 amide bonds. The van der Waals surface area contributed by atoms with E-state index in [4.69, 9.17) is 9.47 Å². The first-order valence-electron chi connectivity index (χ1n) is 11.2. The molecule has 0 aliphatic heterocycles. The van der Waals surface area contributed by atoms with Crippen molar-refractivity contribution in [1.29, 1.82) is 0 Å². The van der Waals surface area contributed by atoms with E-state index in [9.17, 15) is 9.18 Å². The van der Waals surface area contributed by atoms with Crippen LogP contribution in [0.1, 0.15) is 30.0 Å². The van der Waals surface area contributed by atoms with Crippen LogP contribution >= 0.6 is 0 Å². The fraction of sp³-hybridized carbons (Fsp3) is 0.259. The van der Waals surface area contributed by atoms with Crippen LogP contribution in [0.15, 0.2) is 66.9 Å². The summed E-state index contributed by atoms with van der Waals surface area (Å²) in [6.45, 7) is 5.94. The number of ether oxygens (including phenoxy) is 2. The smallest absolute Gasteiger partial charge is 0.249 e. The van der Waals surface area contributed by atoms with Crippen molar-refractivity contribution in [2.75, 3.05) is 13.7 Å². The summed E-state index contributed by atoms with van der Waals surface area (Å²) in [7, 11) is 1.48. The normalized spacial score (nSPS) is 13.0. The summed E-state index contributed by atoms with van der Waals surface area (Å²) in [6.07, 6.45) is 2.24. The highest BCUT2D eigenvalue weighted by Crippen LogP contribution is 2.33. The van der Waals surface area contributed by atoms with Gasteiger partial charge in [-0.2, -0.15) is 5.10 Å². The number of carbonyl (C=O) groups excluding carboxylic acids is 1. The Kier molecular flexibility index (Phi) is 6.65. The third-order valence-electron chi connectivity index (χ3n) is 5.83. The second kappa shape index (κ2) is 9.65. The first kappa shape index (κ1) is 23.4. The number of nitrogens with zero attached hydrogens (tertiary/aromatic N) is 2. The minimum absolute atomic E-state index is 0.0699. The first-order chi connectivity index (χ1) is 16.3. The van der Waals surface area contributed by atoms with E-state index in [2.05, 4.69) is 16.5 Å². The number of aromatic nitrogens is 2. The van der Waals surface area contributed by atoms with Crippen LogP contribution in [0.2, 0.25) is 0 Å². The van der Waals surface area contributed by atoms with Gasteiger partial charge in [-0.3, -0.25) is 4.79 Å². The number of aryl methyl sites for hydroxylation is 2. The van der Waals surface area contributed by atoms with E-state index >= 15 is 0 Å². The number of amides is 1. The molecule has 0 spiro atoms. The molecule has 3 aromatic carbocycles. The molecule has 1 atom stereocenters. The van der Waals surface area contributed by atoms with Crippen molar-refractivity contribution >= 4 is 16.8 Å². The molecule has 6 nitrogen and oxygen atoms in total. The second-order valence-corrected chi connectivity index (χ2v) is 8.34. The lowest BCUT2D eigenvalue weighted by Gasteiger charge is -2.36. The molecule has 34 heavy (non-hydrogen) atoms. The molecule has 0 radical (unpaired) electrons. The van der Waals surface area contributed by atoms with Crippen LogP contribution in [0.5, 0.6) is 5.75 Å². The predicted molar refractivity (Wildman–Crippen MR) is 130 cm³/mol. The summed E-state index contributed by atoms with van der Waals surface area (Å²) in [5.41, 5.74) is 3.57. The van der Waals surface area contributed by atoms with Crippen LogP contribution in [0.3, 0.4) is 0 Å². The zero-order valence-corrected chi connectivity index (χ0v) is 19.8. The van der Waals surface area contributed by atoms with E-state index in [1.54, 1.807) is 23.0 Å². The Bertz CT molecular complexity index is 1320. The number of benzene rings is 3. The van der Waals surface area contributed by atoms with Crippen molar-refractivity contribution in [3.63, 3.8) is 0 Å². The summed E-state index contributed by atoms with van der Waals surface area (Å²) in [5, 5.41) is 8.37. The topological polar surface area (TPSA) is 65.4 Å². The van der Waals surface area contributed by atoms with Gasteiger partial charge in [0.15, 0.2) is 0 Å². The van der Waals surface area contributed by atoms with E-state index in [0.717, 1.165) is 33.3 Å². The summed E-state index contributed by atoms with van der Waals surface area (Å²) in [6, 6.07) is 17.9. The van der Waals surface area contributed by atoms with Gasteiger partial charge in [-0.05, 0) is 61.9 Å². The average molecular weight is 462 g/mol. The van der Waals surface area contributed by atoms with Gasteiger partial charge in [0, 0.05) is 24.5 Å². The van der Waals surface area contributed by atoms with Crippen LogP contribution < -0.4 is 10.1 Å². The quantitative estimate of drug-likeness (QED) is 0.367. The van der Waals surface area contributed by atoms with Gasteiger partial charge in [-0.25, -0.2) is 9.07 Å². The Morgan fingerprint density at radius 1 is 1.09 bits per heavy atom. The highest BCUT2D eigenvalue weighted by Gasteiger charge is 2.36. The fourth-order valence-electron chi connectivity index (χ4n) is 4.22. The molecule has 0 aliphatic carbocycles. The third-order valence-corrected chi connectivity index (χ3v) is 5.83. The Balaban J connectivity index is 1.73. The molecule has 0 saturated carbocycles. The first-order valence-corrected chi connectivity index (χ1v) is 11.2. The molecule has 0 fully saturated rings. The molecular weight excluding hydrogens is 433 g/mol. The van der Waals surface area contributed by atoms with Crippen molar-refractivity contribution in [1.82, 2.24) is 15.1 Å². The monoisotopic (exact) mass is 461 g/mol. The molecule has 0 aliphatic rings. The number of fused-ring (bicyclic) bond motifs is 1. The molecule has 4 rings (SSSR count). The van der Waals surface area contributed by atoms with Gasteiger partial charge in [0.1, 0.15) is 18.2 Å². The minimum Gasteiger partial charge on any atom is -0.464 e. The highest BCUT2D eigenvalue weighted by molar-refractivity contribution is 5.82. The van der Waals surface area contributed by atoms with Crippen molar-refractivity contribution in [2.45, 2.75) is 32.9 Å². The molecule has 0 saturated heterocycles. The zero-order chi connectivity index (χ0) is 24.3. The summed E-state index contributed by atoms with van der Waals surface area (Å²) in [4.78, 5) is 12.6. The SMILES string of the molecule is CC[C@](NC(=O)COC)(Oc1ccc2c(cnn2-c2ccc(F)cc2)c1)c1ccc(C)cc1C. The number of hydrogen-bond acceptors (Lipinski definition) is 4. The van der Waals surface area contributed by atoms with Gasteiger partial charge in [0.2, 0.25) is 11.6 Å². The van der Waals surface area contributed by atoms with E-state index < -0.39 is 5.72 Å². The van der Waals surface area contributed by atoms with Gasteiger partial charge in [0.05, 0.1) is 17.4 Å². The second-order valence-electron chi connectivity index (χ2n) is 8.34. The molecule has 1 N–H and O–H groups in total. The van der Waals surface area contributed by atoms with E-state index in [0.29, 0.717) is 12.2 Å². The maximum atomic E-state index is 13.3. The lowest BCUT2D eigenvalue weighted by molar-refractivity contribution is -0.131.